The molecule has 5 rings (SSSR count). The summed E-state index contributed by atoms with van der Waals surface area (Å²) in [7, 11) is 0. The zero-order valence-corrected chi connectivity index (χ0v) is 27.8. The van der Waals surface area contributed by atoms with Crippen molar-refractivity contribution in [2.24, 2.45) is 0 Å². The van der Waals surface area contributed by atoms with Gasteiger partial charge >= 0.3 is 12.4 Å². The van der Waals surface area contributed by atoms with E-state index < -0.39 is 41.2 Å². The summed E-state index contributed by atoms with van der Waals surface area (Å²) in [5.74, 6) is -1.66. The summed E-state index contributed by atoms with van der Waals surface area (Å²) >= 11 is 6.79. The van der Waals surface area contributed by atoms with Crippen LogP contribution in [0.15, 0.2) is 75.7 Å². The van der Waals surface area contributed by atoms with Crippen LogP contribution in [0.25, 0.3) is 10.8 Å². The summed E-state index contributed by atoms with van der Waals surface area (Å²) in [5, 5.41) is 0.693. The number of hydrogen-bond acceptors (Lipinski definition) is 4. The summed E-state index contributed by atoms with van der Waals surface area (Å²) in [6.07, 6.45) is -8.18. The average Bonchev–Trinajstić information content (AvgIpc) is 3.00. The van der Waals surface area contributed by atoms with Crippen LogP contribution in [0.3, 0.4) is 0 Å². The number of aryl methyl sites for hydroxylation is 1. The van der Waals surface area contributed by atoms with Crippen molar-refractivity contribution in [3.63, 3.8) is 0 Å². The maximum atomic E-state index is 13.5. The molecule has 0 N–H and O–H groups in total. The summed E-state index contributed by atoms with van der Waals surface area (Å²) in [6, 6.07) is 14.0. The summed E-state index contributed by atoms with van der Waals surface area (Å²) in [5.41, 5.74) is 0.339. The molecule has 0 saturated carbocycles. The first kappa shape index (κ1) is 35.8. The van der Waals surface area contributed by atoms with Crippen molar-refractivity contribution in [2.75, 3.05) is 13.1 Å². The van der Waals surface area contributed by atoms with Gasteiger partial charge in [0.25, 0.3) is 17.7 Å². The number of carbonyl (C=O) groups excluding carboxylic acids is 4. The topological polar surface area (TPSA) is 74.8 Å². The second kappa shape index (κ2) is 14.0. The molecule has 0 radical (unpaired) electrons. The van der Waals surface area contributed by atoms with Crippen LogP contribution in [-0.4, -0.2) is 47.0 Å². The van der Waals surface area contributed by atoms with E-state index in [1.165, 1.54) is 30.3 Å². The Morgan fingerprint density at radius 1 is 0.809 bits per heavy atom. The van der Waals surface area contributed by atoms with Gasteiger partial charge < -0.3 is 0 Å². The van der Waals surface area contributed by atoms with E-state index in [-0.39, 0.29) is 36.2 Å². The standard InChI is InChI=1S/C26H19Br2F3N2O4.C7H5F3/c1-3-33-24(36)20-17(27)10-13(2)19-16(11-18(28)21(22(19)20)25(33)37)23(35)32(12-34)9-8-14-4-6-15(7-5-14)26(29,30)31;8-7(9,10)6-4-2-1-3-5-6/h4-7,10-12H,3,8-9H2,1-2H3;1-5H. The van der Waals surface area contributed by atoms with Gasteiger partial charge in [0.15, 0.2) is 0 Å². The molecule has 47 heavy (non-hydrogen) atoms. The Morgan fingerprint density at radius 2 is 1.32 bits per heavy atom. The SMILES string of the molecule is CCN1C(=O)c2c(Br)cc(C)c3c(C(=O)N(C=O)CCc4ccc(C(F)(F)F)cc4)cc(Br)c(c23)C1=O.FC(F)(F)c1ccccc1. The van der Waals surface area contributed by atoms with Gasteiger partial charge in [-0.2, -0.15) is 26.3 Å². The van der Waals surface area contributed by atoms with E-state index >= 15 is 0 Å². The summed E-state index contributed by atoms with van der Waals surface area (Å²) in [6.45, 7) is 3.49. The van der Waals surface area contributed by atoms with Crippen molar-refractivity contribution < 1.29 is 45.5 Å². The minimum absolute atomic E-state index is 0.0849. The normalized spacial score (nSPS) is 12.9. The van der Waals surface area contributed by atoms with Crippen molar-refractivity contribution in [1.29, 1.82) is 0 Å². The first-order valence-electron chi connectivity index (χ1n) is 13.9. The zero-order chi connectivity index (χ0) is 34.8. The van der Waals surface area contributed by atoms with E-state index in [0.717, 1.165) is 34.1 Å². The lowest BCUT2D eigenvalue weighted by Gasteiger charge is -2.29. The first-order valence-corrected chi connectivity index (χ1v) is 15.5. The molecule has 14 heteroatoms. The quantitative estimate of drug-likeness (QED) is 0.111. The van der Waals surface area contributed by atoms with Crippen LogP contribution in [0.2, 0.25) is 0 Å². The molecule has 0 spiro atoms. The number of halogens is 8. The monoisotopic (exact) mass is 784 g/mol. The van der Waals surface area contributed by atoms with Gasteiger partial charge in [0.2, 0.25) is 6.41 Å². The van der Waals surface area contributed by atoms with E-state index in [4.69, 9.17) is 0 Å². The highest BCUT2D eigenvalue weighted by Crippen LogP contribution is 2.42. The highest BCUT2D eigenvalue weighted by molar-refractivity contribution is 9.11. The third-order valence-electron chi connectivity index (χ3n) is 7.38. The van der Waals surface area contributed by atoms with Crippen molar-refractivity contribution >= 4 is 66.8 Å². The molecular formula is C33H24Br2F6N2O4. The van der Waals surface area contributed by atoms with E-state index in [9.17, 15) is 45.5 Å². The Labute approximate surface area is 281 Å². The van der Waals surface area contributed by atoms with Crippen molar-refractivity contribution in [3.8, 4) is 0 Å². The van der Waals surface area contributed by atoms with Gasteiger partial charge in [0.05, 0.1) is 22.3 Å². The van der Waals surface area contributed by atoms with Crippen LogP contribution in [0.5, 0.6) is 0 Å². The molecule has 0 saturated heterocycles. The van der Waals surface area contributed by atoms with Gasteiger partial charge in [-0.25, -0.2) is 0 Å². The molecule has 6 nitrogen and oxygen atoms in total. The van der Waals surface area contributed by atoms with Gasteiger partial charge in [-0.05, 0) is 92.9 Å². The van der Waals surface area contributed by atoms with Crippen LogP contribution in [0, 0.1) is 6.92 Å². The van der Waals surface area contributed by atoms with E-state index in [1.54, 1.807) is 26.0 Å². The van der Waals surface area contributed by atoms with Gasteiger partial charge in [0, 0.05) is 33.0 Å². The lowest BCUT2D eigenvalue weighted by atomic mass is 9.88. The van der Waals surface area contributed by atoms with Gasteiger partial charge in [-0.15, -0.1) is 0 Å². The minimum atomic E-state index is -4.46. The molecule has 0 atom stereocenters. The second-order valence-electron chi connectivity index (χ2n) is 10.3. The summed E-state index contributed by atoms with van der Waals surface area (Å²) in [4.78, 5) is 53.8. The number of imide groups is 2. The Kier molecular flexibility index (Phi) is 10.7. The van der Waals surface area contributed by atoms with Gasteiger partial charge in [-0.3, -0.25) is 29.0 Å². The molecule has 0 aromatic heterocycles. The summed E-state index contributed by atoms with van der Waals surface area (Å²) < 4.78 is 74.6. The highest BCUT2D eigenvalue weighted by atomic mass is 79.9. The minimum Gasteiger partial charge on any atom is -0.281 e. The Bertz CT molecular complexity index is 1840. The first-order chi connectivity index (χ1) is 22.0. The molecule has 0 fully saturated rings. The fourth-order valence-corrected chi connectivity index (χ4v) is 6.40. The number of nitrogens with zero attached hydrogens (tertiary/aromatic N) is 2. The predicted octanol–water partition coefficient (Wildman–Crippen LogP) is 8.85. The Hall–Kier alpha value is -4.04. The lowest BCUT2D eigenvalue weighted by Crippen LogP contribution is -2.41. The van der Waals surface area contributed by atoms with E-state index in [2.05, 4.69) is 31.9 Å². The number of hydrogen-bond donors (Lipinski definition) is 0. The molecule has 0 unspecified atom stereocenters. The van der Waals surface area contributed by atoms with E-state index in [0.29, 0.717) is 37.3 Å². The van der Waals surface area contributed by atoms with E-state index in [1.807, 2.05) is 0 Å². The smallest absolute Gasteiger partial charge is 0.281 e. The molecule has 0 aliphatic carbocycles. The molecule has 1 aliphatic heterocycles. The zero-order valence-electron chi connectivity index (χ0n) is 24.6. The lowest BCUT2D eigenvalue weighted by molar-refractivity contribution is -0.138. The van der Waals surface area contributed by atoms with Crippen molar-refractivity contribution in [2.45, 2.75) is 32.6 Å². The van der Waals surface area contributed by atoms with Crippen molar-refractivity contribution in [3.05, 3.63) is 115 Å². The predicted molar refractivity (Wildman–Crippen MR) is 169 cm³/mol. The molecule has 246 valence electrons. The fraction of sp³-hybridized carbons (Fsp3) is 0.212. The molecular weight excluding hydrogens is 762 g/mol. The van der Waals surface area contributed by atoms with Gasteiger partial charge in [-0.1, -0.05) is 42.5 Å². The molecule has 1 heterocycles. The third-order valence-corrected chi connectivity index (χ3v) is 8.63. The number of amides is 4. The highest BCUT2D eigenvalue weighted by Gasteiger charge is 2.37. The second-order valence-corrected chi connectivity index (χ2v) is 12.1. The molecule has 1 aliphatic rings. The Morgan fingerprint density at radius 3 is 1.79 bits per heavy atom. The fourth-order valence-electron chi connectivity index (χ4n) is 5.09. The number of carbonyl (C=O) groups is 4. The largest absolute Gasteiger partial charge is 0.416 e. The number of benzene rings is 4. The van der Waals surface area contributed by atoms with Crippen LogP contribution in [0.4, 0.5) is 26.3 Å². The maximum Gasteiger partial charge on any atom is 0.416 e. The molecule has 4 aromatic carbocycles. The molecule has 0 bridgehead atoms. The van der Waals surface area contributed by atoms with Crippen LogP contribution >= 0.6 is 31.9 Å². The van der Waals surface area contributed by atoms with Gasteiger partial charge in [0.1, 0.15) is 0 Å². The van der Waals surface area contributed by atoms with Crippen LogP contribution in [0.1, 0.15) is 60.3 Å². The Balaban J connectivity index is 0.000000427. The molecule has 4 aromatic rings. The number of alkyl halides is 6. The van der Waals surface area contributed by atoms with Crippen molar-refractivity contribution in [1.82, 2.24) is 9.80 Å². The third kappa shape index (κ3) is 7.43. The maximum absolute atomic E-state index is 13.5. The molecule has 4 amide bonds. The van der Waals surface area contributed by atoms with Crippen LogP contribution in [-0.2, 0) is 23.6 Å². The van der Waals surface area contributed by atoms with Crippen LogP contribution < -0.4 is 0 Å². The number of rotatable bonds is 6. The average molecular weight is 786 g/mol.